The van der Waals surface area contributed by atoms with E-state index < -0.39 is 5.97 Å². The van der Waals surface area contributed by atoms with Gasteiger partial charge in [-0.1, -0.05) is 0 Å². The first-order valence-corrected chi connectivity index (χ1v) is 7.45. The average Bonchev–Trinajstić information content (AvgIpc) is 2.41. The molecular formula is C16H12O2Se. The first-order valence-electron chi connectivity index (χ1n) is 5.73. The molecule has 0 heterocycles. The molecule has 0 aromatic heterocycles. The van der Waals surface area contributed by atoms with Crippen LogP contribution in [0.3, 0.4) is 0 Å². The van der Waals surface area contributed by atoms with Gasteiger partial charge in [0.15, 0.2) is 0 Å². The Balaban J connectivity index is 2.08. The number of hydrogen-bond acceptors (Lipinski definition) is 1. The van der Waals surface area contributed by atoms with Gasteiger partial charge in [0.05, 0.1) is 0 Å². The quantitative estimate of drug-likeness (QED) is 0.680. The normalized spacial score (nSPS) is 9.53. The van der Waals surface area contributed by atoms with Gasteiger partial charge in [-0.15, -0.1) is 0 Å². The summed E-state index contributed by atoms with van der Waals surface area (Å²) < 4.78 is 1.28. The van der Waals surface area contributed by atoms with Gasteiger partial charge >= 0.3 is 118 Å². The second-order valence-electron chi connectivity index (χ2n) is 3.98. The third-order valence-electron chi connectivity index (χ3n) is 2.58. The second kappa shape index (κ2) is 6.24. The van der Waals surface area contributed by atoms with Gasteiger partial charge < -0.3 is 0 Å². The SMILES string of the molecule is Cc1ccccc1[Se]C#Cc1ccc(C(=O)O)cc1. The van der Waals surface area contributed by atoms with Crippen molar-refractivity contribution in [1.29, 1.82) is 0 Å². The van der Waals surface area contributed by atoms with Crippen LogP contribution in [0.1, 0.15) is 21.5 Å². The molecule has 0 saturated heterocycles. The summed E-state index contributed by atoms with van der Waals surface area (Å²) in [6, 6.07) is 14.9. The molecule has 2 nitrogen and oxygen atoms in total. The van der Waals surface area contributed by atoms with Crippen molar-refractivity contribution in [2.75, 3.05) is 0 Å². The van der Waals surface area contributed by atoms with E-state index in [-0.39, 0.29) is 20.5 Å². The van der Waals surface area contributed by atoms with E-state index in [2.05, 4.69) is 29.8 Å². The van der Waals surface area contributed by atoms with Crippen molar-refractivity contribution >= 4 is 25.4 Å². The zero-order valence-electron chi connectivity index (χ0n) is 10.4. The molecule has 1 N–H and O–H groups in total. The van der Waals surface area contributed by atoms with Crippen LogP contribution in [0, 0.1) is 17.7 Å². The van der Waals surface area contributed by atoms with Gasteiger partial charge in [0, 0.05) is 0 Å². The predicted molar refractivity (Wildman–Crippen MR) is 76.8 cm³/mol. The van der Waals surface area contributed by atoms with E-state index in [0.717, 1.165) is 5.56 Å². The van der Waals surface area contributed by atoms with Crippen molar-refractivity contribution < 1.29 is 9.90 Å². The first kappa shape index (κ1) is 13.4. The molecule has 3 heteroatoms. The third-order valence-corrected chi connectivity index (χ3v) is 4.43. The summed E-state index contributed by atoms with van der Waals surface area (Å²) in [5.41, 5.74) is 2.40. The third kappa shape index (κ3) is 3.72. The molecule has 94 valence electrons. The Bertz CT molecular complexity index is 648. The molecule has 0 fully saturated rings. The fourth-order valence-corrected chi connectivity index (χ4v) is 2.88. The number of carbonyl (C=O) groups is 1. The van der Waals surface area contributed by atoms with Crippen molar-refractivity contribution in [2.24, 2.45) is 0 Å². The predicted octanol–water partition coefficient (Wildman–Crippen LogP) is 2.03. The Kier molecular flexibility index (Phi) is 4.41. The number of aromatic carboxylic acids is 1. The Labute approximate surface area is 118 Å². The summed E-state index contributed by atoms with van der Waals surface area (Å²) in [5.74, 6) is 2.16. The van der Waals surface area contributed by atoms with Crippen molar-refractivity contribution in [3.05, 3.63) is 65.2 Å². The van der Waals surface area contributed by atoms with Crippen LogP contribution in [0.5, 0.6) is 0 Å². The number of carboxylic acid groups (broad SMARTS) is 1. The average molecular weight is 315 g/mol. The molecule has 0 amide bonds. The summed E-state index contributed by atoms with van der Waals surface area (Å²) in [6.07, 6.45) is 0. The van der Waals surface area contributed by atoms with Crippen LogP contribution in [-0.2, 0) is 0 Å². The van der Waals surface area contributed by atoms with Crippen LogP contribution in [-0.4, -0.2) is 26.0 Å². The molecule has 0 bridgehead atoms. The molecule has 2 aromatic carbocycles. The molecule has 19 heavy (non-hydrogen) atoms. The number of rotatable bonds is 2. The summed E-state index contributed by atoms with van der Waals surface area (Å²) in [6.45, 7) is 2.08. The van der Waals surface area contributed by atoms with Gasteiger partial charge in [-0.05, 0) is 0 Å². The number of benzene rings is 2. The number of carboxylic acids is 1. The summed E-state index contributed by atoms with van der Waals surface area (Å²) in [4.78, 5) is 13.9. The van der Waals surface area contributed by atoms with Gasteiger partial charge in [0.1, 0.15) is 0 Å². The molecule has 0 saturated carbocycles. The van der Waals surface area contributed by atoms with Gasteiger partial charge in [0.2, 0.25) is 0 Å². The Morgan fingerprint density at radius 3 is 2.42 bits per heavy atom. The molecule has 2 aromatic rings. The Hall–Kier alpha value is -2.01. The van der Waals surface area contributed by atoms with Crippen molar-refractivity contribution in [1.82, 2.24) is 0 Å². The van der Waals surface area contributed by atoms with E-state index >= 15 is 0 Å². The Morgan fingerprint density at radius 1 is 1.11 bits per heavy atom. The maximum absolute atomic E-state index is 10.7. The van der Waals surface area contributed by atoms with Crippen LogP contribution in [0.2, 0.25) is 0 Å². The van der Waals surface area contributed by atoms with E-state index in [4.69, 9.17) is 5.11 Å². The molecule has 0 unspecified atom stereocenters. The Morgan fingerprint density at radius 2 is 1.79 bits per heavy atom. The van der Waals surface area contributed by atoms with E-state index in [1.54, 1.807) is 24.3 Å². The number of hydrogen-bond donors (Lipinski definition) is 1. The topological polar surface area (TPSA) is 37.3 Å². The van der Waals surface area contributed by atoms with E-state index in [0.29, 0.717) is 0 Å². The number of aryl methyl sites for hydroxylation is 1. The van der Waals surface area contributed by atoms with Crippen molar-refractivity contribution in [3.63, 3.8) is 0 Å². The van der Waals surface area contributed by atoms with Crippen LogP contribution in [0.4, 0.5) is 0 Å². The fourth-order valence-electron chi connectivity index (χ4n) is 1.51. The first-order chi connectivity index (χ1) is 9.16. The van der Waals surface area contributed by atoms with Crippen LogP contribution < -0.4 is 4.46 Å². The fraction of sp³-hybridized carbons (Fsp3) is 0.0625. The summed E-state index contributed by atoms with van der Waals surface area (Å²) >= 11 is 0.122. The molecule has 0 aliphatic carbocycles. The van der Waals surface area contributed by atoms with Crippen LogP contribution in [0.15, 0.2) is 48.5 Å². The summed E-state index contributed by atoms with van der Waals surface area (Å²) in [5, 5.41) is 8.80. The van der Waals surface area contributed by atoms with Gasteiger partial charge in [-0.3, -0.25) is 0 Å². The zero-order valence-corrected chi connectivity index (χ0v) is 12.1. The standard InChI is InChI=1S/C16H12O2Se/c1-12-4-2-3-5-15(12)19-11-10-13-6-8-14(9-7-13)16(17)18/h2-9H,1H3,(H,17,18). The molecular weight excluding hydrogens is 303 g/mol. The summed E-state index contributed by atoms with van der Waals surface area (Å²) in [7, 11) is 0. The monoisotopic (exact) mass is 316 g/mol. The molecule has 0 atom stereocenters. The second-order valence-corrected chi connectivity index (χ2v) is 5.76. The van der Waals surface area contributed by atoms with E-state index in [1.165, 1.54) is 10.0 Å². The van der Waals surface area contributed by atoms with Gasteiger partial charge in [-0.2, -0.15) is 0 Å². The molecule has 0 spiro atoms. The van der Waals surface area contributed by atoms with Gasteiger partial charge in [0.25, 0.3) is 0 Å². The zero-order chi connectivity index (χ0) is 13.7. The van der Waals surface area contributed by atoms with Crippen LogP contribution >= 0.6 is 0 Å². The van der Waals surface area contributed by atoms with Crippen molar-refractivity contribution in [3.8, 4) is 10.7 Å². The van der Waals surface area contributed by atoms with E-state index in [1.807, 2.05) is 12.1 Å². The van der Waals surface area contributed by atoms with Crippen molar-refractivity contribution in [2.45, 2.75) is 6.92 Å². The van der Waals surface area contributed by atoms with E-state index in [9.17, 15) is 4.79 Å². The molecule has 2 rings (SSSR count). The molecule has 0 aliphatic rings. The van der Waals surface area contributed by atoms with Gasteiger partial charge in [-0.25, -0.2) is 0 Å². The minimum atomic E-state index is -0.913. The molecule has 0 aliphatic heterocycles. The maximum atomic E-state index is 10.7. The van der Waals surface area contributed by atoms with Crippen LogP contribution in [0.25, 0.3) is 0 Å². The molecule has 0 radical (unpaired) electrons. The minimum absolute atomic E-state index is 0.122.